The third kappa shape index (κ3) is 5.86. The fraction of sp³-hybridized carbons (Fsp3) is 0.783. The molecule has 0 aromatic carbocycles. The van der Waals surface area contributed by atoms with E-state index in [0.29, 0.717) is 0 Å². The second-order valence-electron chi connectivity index (χ2n) is 8.69. The topological polar surface area (TPSA) is 185 Å². The molecule has 34 heavy (non-hydrogen) atoms. The predicted octanol–water partition coefficient (Wildman–Crippen LogP) is 2.22. The SMILES string of the molecule is CCC(C(=O)O)[C@@H]1[C@@H](C(CC)C(=O)O)[C@@H](C(=O)OC)O[C@H](C(CC)C(=O)O)[C@H]1C(CC)C(=O)O. The summed E-state index contributed by atoms with van der Waals surface area (Å²) < 4.78 is 10.8. The lowest BCUT2D eigenvalue weighted by Crippen LogP contribution is -2.61. The van der Waals surface area contributed by atoms with Crippen LogP contribution in [0.1, 0.15) is 53.4 Å². The zero-order chi connectivity index (χ0) is 26.3. The van der Waals surface area contributed by atoms with E-state index in [2.05, 4.69) is 0 Å². The van der Waals surface area contributed by atoms with Crippen molar-refractivity contribution in [1.29, 1.82) is 0 Å². The van der Waals surface area contributed by atoms with E-state index in [-0.39, 0.29) is 25.7 Å². The highest BCUT2D eigenvalue weighted by atomic mass is 16.6. The molecule has 1 fully saturated rings. The Hall–Kier alpha value is -2.69. The summed E-state index contributed by atoms with van der Waals surface area (Å²) in [4.78, 5) is 61.7. The first-order chi connectivity index (χ1) is 15.9. The van der Waals surface area contributed by atoms with Crippen LogP contribution in [0.2, 0.25) is 0 Å². The van der Waals surface area contributed by atoms with Gasteiger partial charge in [-0.05, 0) is 31.6 Å². The Bertz CT molecular complexity index is 764. The molecule has 11 heteroatoms. The third-order valence-corrected chi connectivity index (χ3v) is 7.17. The van der Waals surface area contributed by atoms with Gasteiger partial charge in [0.25, 0.3) is 0 Å². The summed E-state index contributed by atoms with van der Waals surface area (Å²) in [5.41, 5.74) is 0. The Balaban J connectivity index is 4.05. The maximum absolute atomic E-state index is 12.8. The van der Waals surface area contributed by atoms with Crippen LogP contribution < -0.4 is 0 Å². The minimum atomic E-state index is -1.56. The zero-order valence-corrected chi connectivity index (χ0v) is 20.2. The van der Waals surface area contributed by atoms with Gasteiger partial charge in [-0.1, -0.05) is 27.7 Å². The summed E-state index contributed by atoms with van der Waals surface area (Å²) in [7, 11) is 1.07. The Morgan fingerprint density at radius 3 is 1.32 bits per heavy atom. The maximum Gasteiger partial charge on any atom is 0.335 e. The second-order valence-corrected chi connectivity index (χ2v) is 8.69. The van der Waals surface area contributed by atoms with Crippen LogP contribution in [0.3, 0.4) is 0 Å². The van der Waals surface area contributed by atoms with Crippen molar-refractivity contribution in [3.8, 4) is 0 Å². The van der Waals surface area contributed by atoms with Gasteiger partial charge in [-0.25, -0.2) is 4.79 Å². The first kappa shape index (κ1) is 29.3. The van der Waals surface area contributed by atoms with Crippen LogP contribution >= 0.6 is 0 Å². The van der Waals surface area contributed by atoms with E-state index in [1.807, 2.05) is 0 Å². The van der Waals surface area contributed by atoms with Crippen molar-refractivity contribution < 1.29 is 53.9 Å². The van der Waals surface area contributed by atoms with Gasteiger partial charge in [0.1, 0.15) is 0 Å². The summed E-state index contributed by atoms with van der Waals surface area (Å²) in [6, 6.07) is 0. The number of rotatable bonds is 13. The van der Waals surface area contributed by atoms with Gasteiger partial charge in [0.2, 0.25) is 0 Å². The molecule has 0 radical (unpaired) electrons. The van der Waals surface area contributed by atoms with Gasteiger partial charge in [-0.2, -0.15) is 0 Å². The maximum atomic E-state index is 12.8. The minimum absolute atomic E-state index is 0.0147. The largest absolute Gasteiger partial charge is 0.481 e. The van der Waals surface area contributed by atoms with Gasteiger partial charge in [0, 0.05) is 11.8 Å². The lowest BCUT2D eigenvalue weighted by Gasteiger charge is -2.52. The Kier molecular flexibility index (Phi) is 10.9. The molecule has 1 aliphatic heterocycles. The van der Waals surface area contributed by atoms with Crippen molar-refractivity contribution >= 4 is 29.8 Å². The number of methoxy groups -OCH3 is 1. The van der Waals surface area contributed by atoms with Crippen LogP contribution in [-0.4, -0.2) is 69.6 Å². The summed E-state index contributed by atoms with van der Waals surface area (Å²) >= 11 is 0. The fourth-order valence-electron chi connectivity index (χ4n) is 5.61. The number of carbonyl (C=O) groups is 5. The summed E-state index contributed by atoms with van der Waals surface area (Å²) in [6.45, 7) is 6.28. The number of esters is 1. The van der Waals surface area contributed by atoms with Crippen molar-refractivity contribution in [3.63, 3.8) is 0 Å². The van der Waals surface area contributed by atoms with Crippen molar-refractivity contribution in [2.75, 3.05) is 7.11 Å². The Labute approximate surface area is 198 Å². The molecule has 0 aliphatic carbocycles. The molecule has 1 saturated heterocycles. The molecule has 11 nitrogen and oxygen atoms in total. The molecule has 4 unspecified atom stereocenters. The molecule has 0 amide bonds. The highest BCUT2D eigenvalue weighted by molar-refractivity contribution is 5.79. The molecule has 194 valence electrons. The average Bonchev–Trinajstić information content (AvgIpc) is 2.76. The van der Waals surface area contributed by atoms with Crippen LogP contribution in [0.15, 0.2) is 0 Å². The van der Waals surface area contributed by atoms with Crippen molar-refractivity contribution in [1.82, 2.24) is 0 Å². The quantitative estimate of drug-likeness (QED) is 0.279. The van der Waals surface area contributed by atoms with E-state index < -0.39 is 83.5 Å². The van der Waals surface area contributed by atoms with E-state index in [9.17, 15) is 44.4 Å². The molecule has 9 atom stereocenters. The monoisotopic (exact) mass is 488 g/mol. The van der Waals surface area contributed by atoms with Crippen LogP contribution in [0, 0.1) is 41.4 Å². The zero-order valence-electron chi connectivity index (χ0n) is 20.2. The van der Waals surface area contributed by atoms with Crippen LogP contribution in [0.5, 0.6) is 0 Å². The lowest BCUT2D eigenvalue weighted by atomic mass is 9.57. The van der Waals surface area contributed by atoms with Gasteiger partial charge >= 0.3 is 29.8 Å². The first-order valence-electron chi connectivity index (χ1n) is 11.6. The predicted molar refractivity (Wildman–Crippen MR) is 117 cm³/mol. The summed E-state index contributed by atoms with van der Waals surface area (Å²) in [6.07, 6.45) is -2.82. The Morgan fingerprint density at radius 1 is 0.647 bits per heavy atom. The van der Waals surface area contributed by atoms with Crippen LogP contribution in [0.4, 0.5) is 0 Å². The molecule has 0 aromatic rings. The first-order valence-corrected chi connectivity index (χ1v) is 11.6. The number of carboxylic acids is 4. The molecular weight excluding hydrogens is 452 g/mol. The fourth-order valence-corrected chi connectivity index (χ4v) is 5.61. The average molecular weight is 489 g/mol. The van der Waals surface area contributed by atoms with Crippen molar-refractivity contribution in [2.45, 2.75) is 65.6 Å². The van der Waals surface area contributed by atoms with E-state index in [1.54, 1.807) is 27.7 Å². The highest BCUT2D eigenvalue weighted by Gasteiger charge is 2.60. The van der Waals surface area contributed by atoms with E-state index >= 15 is 0 Å². The minimum Gasteiger partial charge on any atom is -0.481 e. The normalized spacial score (nSPS) is 28.2. The smallest absolute Gasteiger partial charge is 0.335 e. The van der Waals surface area contributed by atoms with Gasteiger partial charge < -0.3 is 29.9 Å². The standard InChI is InChI=1S/C23H36O11/c1-6-10(19(24)25)14-15(11(7-2)20(26)27)17(13(9-4)22(30)31)34-18(23(32)33-5)16(14)12(8-3)21(28)29/h10-18H,6-9H2,1-5H3,(H,24,25)(H,26,27)(H,28,29)(H,30,31)/t10?,11?,12?,13?,14-,15-,16+,17+,18-/m0/s1. The third-order valence-electron chi connectivity index (χ3n) is 7.17. The molecule has 0 saturated carbocycles. The summed E-state index contributed by atoms with van der Waals surface area (Å²) in [5, 5.41) is 39.9. The number of hydrogen-bond acceptors (Lipinski definition) is 7. The van der Waals surface area contributed by atoms with Crippen LogP contribution in [-0.2, 0) is 33.4 Å². The number of hydrogen-bond donors (Lipinski definition) is 4. The van der Waals surface area contributed by atoms with Crippen LogP contribution in [0.25, 0.3) is 0 Å². The lowest BCUT2D eigenvalue weighted by molar-refractivity contribution is -0.224. The molecule has 0 aromatic heterocycles. The van der Waals surface area contributed by atoms with Gasteiger partial charge in [-0.3, -0.25) is 19.2 Å². The molecule has 4 N–H and O–H groups in total. The van der Waals surface area contributed by atoms with Gasteiger partial charge in [0.15, 0.2) is 6.10 Å². The molecule has 0 bridgehead atoms. The van der Waals surface area contributed by atoms with E-state index in [4.69, 9.17) is 9.47 Å². The molecular formula is C23H36O11. The number of ether oxygens (including phenoxy) is 2. The second kappa shape index (κ2) is 12.7. The molecule has 1 aliphatic rings. The van der Waals surface area contributed by atoms with Gasteiger partial charge in [-0.15, -0.1) is 0 Å². The molecule has 1 rings (SSSR count). The summed E-state index contributed by atoms with van der Waals surface area (Å²) in [5.74, 6) is -14.6. The number of aliphatic carboxylic acids is 4. The van der Waals surface area contributed by atoms with E-state index in [0.717, 1.165) is 7.11 Å². The highest BCUT2D eigenvalue weighted by Crippen LogP contribution is 2.51. The molecule has 1 heterocycles. The Morgan fingerprint density at radius 2 is 1.00 bits per heavy atom. The van der Waals surface area contributed by atoms with Gasteiger partial charge in [0.05, 0.1) is 36.9 Å². The number of carbonyl (C=O) groups excluding carboxylic acids is 1. The van der Waals surface area contributed by atoms with E-state index in [1.165, 1.54) is 0 Å². The van der Waals surface area contributed by atoms with Crippen molar-refractivity contribution in [2.24, 2.45) is 41.4 Å². The molecule has 0 spiro atoms. The number of carboxylic acid groups (broad SMARTS) is 4. The van der Waals surface area contributed by atoms with Crippen molar-refractivity contribution in [3.05, 3.63) is 0 Å².